The molecule has 1 fully saturated rings. The van der Waals surface area contributed by atoms with Crippen molar-refractivity contribution in [1.82, 2.24) is 0 Å². The number of hydrogen-bond acceptors (Lipinski definition) is 4. The summed E-state index contributed by atoms with van der Waals surface area (Å²) in [4.78, 5) is 0. The van der Waals surface area contributed by atoms with E-state index in [0.29, 0.717) is 26.1 Å². The molecule has 1 aliphatic rings. The summed E-state index contributed by atoms with van der Waals surface area (Å²) in [5.74, 6) is 0.109. The van der Waals surface area contributed by atoms with Crippen LogP contribution < -0.4 is 5.73 Å². The highest BCUT2D eigenvalue weighted by Crippen LogP contribution is 2.15. The molecule has 1 rings (SSSR count). The molecule has 0 aromatic carbocycles. The third kappa shape index (κ3) is 2.43. The fourth-order valence-corrected chi connectivity index (χ4v) is 2.94. The van der Waals surface area contributed by atoms with Crippen molar-refractivity contribution < 1.29 is 13.2 Å². The van der Waals surface area contributed by atoms with Gasteiger partial charge in [-0.3, -0.25) is 0 Å². The zero-order chi connectivity index (χ0) is 9.03. The molecular formula is C7H15NO3S. The van der Waals surface area contributed by atoms with E-state index in [1.54, 1.807) is 0 Å². The molecular weight excluding hydrogens is 178 g/mol. The van der Waals surface area contributed by atoms with Crippen molar-refractivity contribution in [2.75, 3.05) is 25.5 Å². The highest BCUT2D eigenvalue weighted by Gasteiger charge is 2.26. The quantitative estimate of drug-likeness (QED) is 0.658. The Bertz CT molecular complexity index is 219. The van der Waals surface area contributed by atoms with Crippen molar-refractivity contribution >= 4 is 9.84 Å². The summed E-state index contributed by atoms with van der Waals surface area (Å²) in [6.45, 7) is 1.35. The molecule has 5 heteroatoms. The van der Waals surface area contributed by atoms with Gasteiger partial charge in [0.05, 0.1) is 11.0 Å². The van der Waals surface area contributed by atoms with Crippen LogP contribution in [0.1, 0.15) is 12.8 Å². The van der Waals surface area contributed by atoms with Gasteiger partial charge in [-0.25, -0.2) is 8.42 Å². The highest BCUT2D eigenvalue weighted by atomic mass is 32.2. The van der Waals surface area contributed by atoms with Crippen molar-refractivity contribution in [3.8, 4) is 0 Å². The number of rotatable bonds is 3. The molecule has 0 saturated carbocycles. The molecule has 0 aromatic heterocycles. The first-order valence-corrected chi connectivity index (χ1v) is 5.88. The van der Waals surface area contributed by atoms with Crippen LogP contribution >= 0.6 is 0 Å². The lowest BCUT2D eigenvalue weighted by atomic mass is 10.2. The third-order valence-electron chi connectivity index (χ3n) is 2.08. The van der Waals surface area contributed by atoms with Crippen molar-refractivity contribution in [2.24, 2.45) is 5.73 Å². The van der Waals surface area contributed by atoms with E-state index in [2.05, 4.69) is 0 Å². The molecule has 72 valence electrons. The van der Waals surface area contributed by atoms with Crippen LogP contribution in [0.15, 0.2) is 0 Å². The molecule has 4 nitrogen and oxygen atoms in total. The zero-order valence-electron chi connectivity index (χ0n) is 7.03. The molecule has 1 aliphatic heterocycles. The fourth-order valence-electron chi connectivity index (χ4n) is 1.37. The lowest BCUT2D eigenvalue weighted by Gasteiger charge is -2.21. The summed E-state index contributed by atoms with van der Waals surface area (Å²) in [7, 11) is -2.94. The summed E-state index contributed by atoms with van der Waals surface area (Å²) in [6, 6.07) is 0. The first-order chi connectivity index (χ1) is 5.67. The maximum absolute atomic E-state index is 11.5. The van der Waals surface area contributed by atoms with E-state index in [1.165, 1.54) is 0 Å². The van der Waals surface area contributed by atoms with Crippen LogP contribution in [0.4, 0.5) is 0 Å². The van der Waals surface area contributed by atoms with Gasteiger partial charge in [-0.1, -0.05) is 0 Å². The van der Waals surface area contributed by atoms with E-state index in [1.807, 2.05) is 0 Å². The normalized spacial score (nSPS) is 21.1. The van der Waals surface area contributed by atoms with Crippen LogP contribution in [0.3, 0.4) is 0 Å². The molecule has 0 bridgehead atoms. The van der Waals surface area contributed by atoms with Gasteiger partial charge in [-0.2, -0.15) is 0 Å². The fraction of sp³-hybridized carbons (Fsp3) is 1.00. The monoisotopic (exact) mass is 193 g/mol. The SMILES string of the molecule is NCCS(=O)(=O)C1CCOCC1. The Labute approximate surface area is 73.0 Å². The van der Waals surface area contributed by atoms with Gasteiger partial charge < -0.3 is 10.5 Å². The van der Waals surface area contributed by atoms with E-state index in [4.69, 9.17) is 10.5 Å². The molecule has 12 heavy (non-hydrogen) atoms. The van der Waals surface area contributed by atoms with Gasteiger partial charge in [-0.15, -0.1) is 0 Å². The molecule has 0 spiro atoms. The van der Waals surface area contributed by atoms with Crippen molar-refractivity contribution in [2.45, 2.75) is 18.1 Å². The van der Waals surface area contributed by atoms with Gasteiger partial charge >= 0.3 is 0 Å². The highest BCUT2D eigenvalue weighted by molar-refractivity contribution is 7.92. The van der Waals surface area contributed by atoms with Gasteiger partial charge in [0.15, 0.2) is 9.84 Å². The topological polar surface area (TPSA) is 69.4 Å². The lowest BCUT2D eigenvalue weighted by molar-refractivity contribution is 0.0984. The van der Waals surface area contributed by atoms with Crippen LogP contribution in [0.2, 0.25) is 0 Å². The molecule has 0 aromatic rings. The van der Waals surface area contributed by atoms with Gasteiger partial charge in [-0.05, 0) is 12.8 Å². The molecule has 1 heterocycles. The van der Waals surface area contributed by atoms with E-state index in [-0.39, 0.29) is 17.5 Å². The first-order valence-electron chi connectivity index (χ1n) is 4.16. The molecule has 0 amide bonds. The van der Waals surface area contributed by atoms with Gasteiger partial charge in [0.25, 0.3) is 0 Å². The number of hydrogen-bond donors (Lipinski definition) is 1. The minimum atomic E-state index is -2.94. The average Bonchev–Trinajstić information content (AvgIpc) is 2.06. The van der Waals surface area contributed by atoms with Crippen LogP contribution in [0.25, 0.3) is 0 Å². The Morgan fingerprint density at radius 3 is 2.42 bits per heavy atom. The Kier molecular flexibility index (Phi) is 3.49. The van der Waals surface area contributed by atoms with E-state index in [9.17, 15) is 8.42 Å². The van der Waals surface area contributed by atoms with E-state index < -0.39 is 9.84 Å². The Hall–Kier alpha value is -0.130. The van der Waals surface area contributed by atoms with E-state index >= 15 is 0 Å². The summed E-state index contributed by atoms with van der Waals surface area (Å²) >= 11 is 0. The number of ether oxygens (including phenoxy) is 1. The van der Waals surface area contributed by atoms with Gasteiger partial charge in [0.1, 0.15) is 0 Å². The second kappa shape index (κ2) is 4.20. The second-order valence-electron chi connectivity index (χ2n) is 2.97. The standard InChI is InChI=1S/C7H15NO3S/c8-3-6-12(9,10)7-1-4-11-5-2-7/h7H,1-6,8H2. The molecule has 0 atom stereocenters. The summed E-state index contributed by atoms with van der Waals surface area (Å²) in [6.07, 6.45) is 1.25. The smallest absolute Gasteiger partial charge is 0.154 e. The lowest BCUT2D eigenvalue weighted by Crippen LogP contribution is -2.32. The van der Waals surface area contributed by atoms with Crippen molar-refractivity contribution in [3.05, 3.63) is 0 Å². The number of nitrogens with two attached hydrogens (primary N) is 1. The minimum Gasteiger partial charge on any atom is -0.381 e. The zero-order valence-corrected chi connectivity index (χ0v) is 7.85. The molecule has 1 saturated heterocycles. The Morgan fingerprint density at radius 1 is 1.33 bits per heavy atom. The minimum absolute atomic E-state index is 0.109. The van der Waals surface area contributed by atoms with Crippen molar-refractivity contribution in [3.63, 3.8) is 0 Å². The molecule has 0 aliphatic carbocycles. The predicted molar refractivity (Wildman–Crippen MR) is 46.7 cm³/mol. The average molecular weight is 193 g/mol. The van der Waals surface area contributed by atoms with Crippen LogP contribution in [0.5, 0.6) is 0 Å². The second-order valence-corrected chi connectivity index (χ2v) is 5.37. The molecule has 0 unspecified atom stereocenters. The van der Waals surface area contributed by atoms with Crippen LogP contribution in [-0.2, 0) is 14.6 Å². The predicted octanol–water partition coefficient (Wildman–Crippen LogP) is -0.461. The van der Waals surface area contributed by atoms with Crippen LogP contribution in [-0.4, -0.2) is 39.2 Å². The molecule has 0 radical (unpaired) electrons. The molecule has 2 N–H and O–H groups in total. The van der Waals surface area contributed by atoms with E-state index in [0.717, 1.165) is 0 Å². The van der Waals surface area contributed by atoms with Gasteiger partial charge in [0, 0.05) is 19.8 Å². The third-order valence-corrected chi connectivity index (χ3v) is 4.37. The largest absolute Gasteiger partial charge is 0.381 e. The van der Waals surface area contributed by atoms with Crippen molar-refractivity contribution in [1.29, 1.82) is 0 Å². The summed E-state index contributed by atoms with van der Waals surface area (Å²) in [5, 5.41) is -0.213. The maximum Gasteiger partial charge on any atom is 0.154 e. The van der Waals surface area contributed by atoms with Crippen LogP contribution in [0, 0.1) is 0 Å². The maximum atomic E-state index is 11.5. The Balaban J connectivity index is 2.54. The number of sulfone groups is 1. The summed E-state index contributed by atoms with van der Waals surface area (Å²) in [5.41, 5.74) is 5.21. The Morgan fingerprint density at radius 2 is 1.92 bits per heavy atom. The first kappa shape index (κ1) is 9.95. The summed E-state index contributed by atoms with van der Waals surface area (Å²) < 4.78 is 28.0. The van der Waals surface area contributed by atoms with Gasteiger partial charge in [0.2, 0.25) is 0 Å².